The molecule has 242 valence electrons. The van der Waals surface area contributed by atoms with E-state index in [4.69, 9.17) is 5.10 Å². The van der Waals surface area contributed by atoms with Crippen molar-refractivity contribution in [3.63, 3.8) is 0 Å². The molecule has 46 heavy (non-hydrogen) atoms. The zero-order valence-electron chi connectivity index (χ0n) is 25.8. The molecule has 1 aliphatic heterocycles. The summed E-state index contributed by atoms with van der Waals surface area (Å²) in [5.74, 6) is -1.05. The lowest BCUT2D eigenvalue weighted by atomic mass is 9.79. The van der Waals surface area contributed by atoms with Crippen LogP contribution in [-0.4, -0.2) is 61.4 Å². The number of aromatic nitrogens is 4. The van der Waals surface area contributed by atoms with Crippen molar-refractivity contribution in [2.75, 3.05) is 24.2 Å². The number of likely N-dealkylation sites (tertiary alicyclic amines) is 1. The van der Waals surface area contributed by atoms with Crippen molar-refractivity contribution in [3.8, 4) is 11.3 Å². The first-order chi connectivity index (χ1) is 21.7. The zero-order chi connectivity index (χ0) is 33.2. The molecule has 0 radical (unpaired) electrons. The number of hydrogen-bond donors (Lipinski definition) is 4. The molecular weight excluding hydrogens is 601 g/mol. The number of carboxylic acid groups (broad SMARTS) is 1. The first-order valence-corrected chi connectivity index (χ1v) is 14.7. The summed E-state index contributed by atoms with van der Waals surface area (Å²) in [6.07, 6.45) is -1.75. The molecule has 2 amide bonds. The first-order valence-electron chi connectivity index (χ1n) is 14.7. The van der Waals surface area contributed by atoms with E-state index in [1.54, 1.807) is 24.3 Å². The number of amides is 2. The number of rotatable bonds is 7. The Morgan fingerprint density at radius 3 is 2.37 bits per heavy atom. The lowest BCUT2D eigenvalue weighted by Gasteiger charge is -2.44. The van der Waals surface area contributed by atoms with Crippen LogP contribution in [0.5, 0.6) is 0 Å². The summed E-state index contributed by atoms with van der Waals surface area (Å²) in [6.45, 7) is 6.56. The van der Waals surface area contributed by atoms with Gasteiger partial charge in [-0.2, -0.15) is 23.3 Å². The van der Waals surface area contributed by atoms with Crippen LogP contribution in [-0.2, 0) is 6.18 Å². The van der Waals surface area contributed by atoms with E-state index in [-0.39, 0.29) is 34.7 Å². The SMILES string of the molecule is CNC(=O)c1ccccc1Nc1nc(Nc2ccc(-c3ccn(C4CCN(C(=O)O)C(C(C)(C)C)C4)n3)cc2)ncc1C(F)(F)F. The molecule has 1 saturated heterocycles. The molecule has 0 spiro atoms. The quantitative estimate of drug-likeness (QED) is 0.171. The Morgan fingerprint density at radius 2 is 1.72 bits per heavy atom. The van der Waals surface area contributed by atoms with Gasteiger partial charge >= 0.3 is 12.3 Å². The van der Waals surface area contributed by atoms with Crippen molar-refractivity contribution in [2.24, 2.45) is 5.41 Å². The van der Waals surface area contributed by atoms with Crippen LogP contribution in [0.15, 0.2) is 67.0 Å². The highest BCUT2D eigenvalue weighted by Gasteiger charge is 2.39. The maximum Gasteiger partial charge on any atom is 0.421 e. The van der Waals surface area contributed by atoms with Crippen LogP contribution in [0.4, 0.5) is 41.1 Å². The Hall–Kier alpha value is -5.14. The molecule has 2 atom stereocenters. The monoisotopic (exact) mass is 636 g/mol. The largest absolute Gasteiger partial charge is 0.465 e. The van der Waals surface area contributed by atoms with E-state index in [1.807, 2.05) is 49.8 Å². The lowest BCUT2D eigenvalue weighted by molar-refractivity contribution is -0.137. The summed E-state index contributed by atoms with van der Waals surface area (Å²) >= 11 is 0. The van der Waals surface area contributed by atoms with Crippen molar-refractivity contribution in [2.45, 2.75) is 51.9 Å². The van der Waals surface area contributed by atoms with Crippen molar-refractivity contribution < 1.29 is 27.9 Å². The third-order valence-corrected chi connectivity index (χ3v) is 7.99. The van der Waals surface area contributed by atoms with Gasteiger partial charge in [-0.15, -0.1) is 0 Å². The molecule has 3 heterocycles. The number of anilines is 4. The molecule has 1 fully saturated rings. The minimum absolute atomic E-state index is 0.0532. The average molecular weight is 637 g/mol. The third-order valence-electron chi connectivity index (χ3n) is 7.99. The molecule has 4 N–H and O–H groups in total. The van der Waals surface area contributed by atoms with Gasteiger partial charge < -0.3 is 26.0 Å². The lowest BCUT2D eigenvalue weighted by Crippen LogP contribution is -2.51. The molecule has 5 rings (SSSR count). The Morgan fingerprint density at radius 1 is 1.00 bits per heavy atom. The van der Waals surface area contributed by atoms with Crippen LogP contribution >= 0.6 is 0 Å². The number of benzene rings is 2. The van der Waals surface area contributed by atoms with E-state index in [0.717, 1.165) is 11.3 Å². The molecule has 11 nitrogen and oxygen atoms in total. The van der Waals surface area contributed by atoms with Crippen molar-refractivity contribution in [3.05, 3.63) is 78.1 Å². The normalized spacial score (nSPS) is 17.0. The second-order valence-electron chi connectivity index (χ2n) is 12.1. The smallest absolute Gasteiger partial charge is 0.421 e. The average Bonchev–Trinajstić information content (AvgIpc) is 3.51. The molecule has 0 aliphatic carbocycles. The van der Waals surface area contributed by atoms with Crippen molar-refractivity contribution in [1.29, 1.82) is 0 Å². The highest BCUT2D eigenvalue weighted by molar-refractivity contribution is 6.00. The summed E-state index contributed by atoms with van der Waals surface area (Å²) < 4.78 is 43.4. The van der Waals surface area contributed by atoms with Gasteiger partial charge in [0.2, 0.25) is 5.95 Å². The maximum atomic E-state index is 13.8. The van der Waals surface area contributed by atoms with Crippen molar-refractivity contribution >= 4 is 35.1 Å². The predicted molar refractivity (Wildman–Crippen MR) is 167 cm³/mol. The number of carbonyl (C=O) groups excluding carboxylic acids is 1. The highest BCUT2D eigenvalue weighted by atomic mass is 19.4. The van der Waals surface area contributed by atoms with E-state index in [9.17, 15) is 27.9 Å². The Bertz CT molecular complexity index is 1720. The predicted octanol–water partition coefficient (Wildman–Crippen LogP) is 6.94. The number of nitrogens with zero attached hydrogens (tertiary/aromatic N) is 5. The van der Waals surface area contributed by atoms with E-state index in [1.165, 1.54) is 24.1 Å². The van der Waals surface area contributed by atoms with Crippen molar-refractivity contribution in [1.82, 2.24) is 30.0 Å². The van der Waals surface area contributed by atoms with Crippen LogP contribution in [0.25, 0.3) is 11.3 Å². The van der Waals surface area contributed by atoms with Crippen LogP contribution < -0.4 is 16.0 Å². The van der Waals surface area contributed by atoms with Gasteiger partial charge in [-0.1, -0.05) is 45.0 Å². The molecule has 1 aliphatic rings. The van der Waals surface area contributed by atoms with Gasteiger partial charge in [0.05, 0.1) is 23.0 Å². The molecule has 2 aromatic carbocycles. The number of hydrogen-bond acceptors (Lipinski definition) is 7. The van der Waals surface area contributed by atoms with Crippen LogP contribution in [0.3, 0.4) is 0 Å². The fourth-order valence-electron chi connectivity index (χ4n) is 5.58. The summed E-state index contributed by atoms with van der Waals surface area (Å²) in [6, 6.07) is 15.1. The maximum absolute atomic E-state index is 13.8. The number of halogens is 3. The third kappa shape index (κ3) is 7.05. The number of alkyl halides is 3. The van der Waals surface area contributed by atoms with Gasteiger partial charge in [0.25, 0.3) is 5.91 Å². The number of piperidine rings is 1. The molecule has 2 unspecified atom stereocenters. The second-order valence-corrected chi connectivity index (χ2v) is 12.1. The summed E-state index contributed by atoms with van der Waals surface area (Å²) in [5.41, 5.74) is 1.09. The van der Waals surface area contributed by atoms with E-state index >= 15 is 0 Å². The van der Waals surface area contributed by atoms with Crippen LogP contribution in [0.2, 0.25) is 0 Å². The Labute approximate surface area is 263 Å². The highest BCUT2D eigenvalue weighted by Crippen LogP contribution is 2.38. The molecule has 2 aromatic heterocycles. The van der Waals surface area contributed by atoms with Gasteiger partial charge in [-0.25, -0.2) is 9.78 Å². The molecule has 0 saturated carbocycles. The van der Waals surface area contributed by atoms with Gasteiger partial charge in [-0.3, -0.25) is 9.48 Å². The topological polar surface area (TPSA) is 137 Å². The minimum Gasteiger partial charge on any atom is -0.465 e. The standard InChI is InChI=1S/C32H35F3N8O3/c1-31(2,3)26-17-21(13-15-42(26)30(45)46)43-16-14-24(41-43)19-9-11-20(12-10-19)38-29-37-18-23(32(33,34)35)27(40-29)39-25-8-6-5-7-22(25)28(44)36-4/h5-12,14,16,18,21,26H,13,15,17H2,1-4H3,(H,36,44)(H,45,46)(H2,37,38,39,40). The van der Waals surface area contributed by atoms with Crippen LogP contribution in [0, 0.1) is 5.41 Å². The molecule has 14 heteroatoms. The fraction of sp³-hybridized carbons (Fsp3) is 0.344. The van der Waals surface area contributed by atoms with Gasteiger partial charge in [-0.05, 0) is 48.6 Å². The number of para-hydroxylation sites is 1. The Balaban J connectivity index is 1.33. The molecule has 4 aromatic rings. The minimum atomic E-state index is -4.74. The first kappa shape index (κ1) is 32.3. The van der Waals surface area contributed by atoms with Gasteiger partial charge in [0, 0.05) is 43.3 Å². The molecular formula is C32H35F3N8O3. The van der Waals surface area contributed by atoms with E-state index < -0.39 is 29.6 Å². The summed E-state index contributed by atoms with van der Waals surface area (Å²) in [4.78, 5) is 33.6. The van der Waals surface area contributed by atoms with E-state index in [2.05, 4.69) is 25.9 Å². The molecule has 0 bridgehead atoms. The second kappa shape index (κ2) is 12.7. The van der Waals surface area contributed by atoms with Crippen LogP contribution in [0.1, 0.15) is 55.6 Å². The summed E-state index contributed by atoms with van der Waals surface area (Å²) in [7, 11) is 1.43. The summed E-state index contributed by atoms with van der Waals surface area (Å²) in [5, 5.41) is 22.5. The van der Waals surface area contributed by atoms with Gasteiger partial charge in [0.15, 0.2) is 0 Å². The Kier molecular flexibility index (Phi) is 8.90. The fourth-order valence-corrected chi connectivity index (χ4v) is 5.58. The number of nitrogens with one attached hydrogen (secondary N) is 3. The van der Waals surface area contributed by atoms with Gasteiger partial charge in [0.1, 0.15) is 11.4 Å². The van der Waals surface area contributed by atoms with E-state index in [0.29, 0.717) is 31.3 Å². The zero-order valence-corrected chi connectivity index (χ0v) is 25.8. The number of carbonyl (C=O) groups is 2.